The maximum Gasteiger partial charge on any atom is 0.160 e. The largest absolute Gasteiger partial charge is 0.504 e. The summed E-state index contributed by atoms with van der Waals surface area (Å²) < 4.78 is 5.12. The topological polar surface area (TPSA) is 65.3 Å². The fourth-order valence-corrected chi connectivity index (χ4v) is 2.05. The van der Waals surface area contributed by atoms with E-state index in [4.69, 9.17) is 10.00 Å². The minimum Gasteiger partial charge on any atom is -0.504 e. The van der Waals surface area contributed by atoms with Crippen LogP contribution in [0, 0.1) is 11.3 Å². The number of methoxy groups -OCH3 is 1. The fourth-order valence-electron chi connectivity index (χ4n) is 2.05. The van der Waals surface area contributed by atoms with Crippen LogP contribution in [0.1, 0.15) is 29.7 Å². The number of rotatable bonds is 5. The molecule has 0 saturated heterocycles. The van der Waals surface area contributed by atoms with Crippen molar-refractivity contribution in [3.63, 3.8) is 0 Å². The molecule has 2 rings (SSSR count). The van der Waals surface area contributed by atoms with Crippen LogP contribution in [-0.2, 0) is 6.54 Å². The molecule has 0 aromatic heterocycles. The lowest BCUT2D eigenvalue weighted by Gasteiger charge is -2.16. The summed E-state index contributed by atoms with van der Waals surface area (Å²) in [4.78, 5) is 0. The Kier molecular flexibility index (Phi) is 4.81. The molecule has 2 N–H and O–H groups in total. The minimum atomic E-state index is 0.121. The van der Waals surface area contributed by atoms with Gasteiger partial charge in [-0.3, -0.25) is 0 Å². The molecule has 1 unspecified atom stereocenters. The van der Waals surface area contributed by atoms with Crippen molar-refractivity contribution in [2.45, 2.75) is 19.5 Å². The second-order valence-electron chi connectivity index (χ2n) is 4.84. The van der Waals surface area contributed by atoms with E-state index in [9.17, 15) is 5.11 Å². The Labute approximate surface area is 124 Å². The first-order chi connectivity index (χ1) is 10.1. The van der Waals surface area contributed by atoms with Crippen molar-refractivity contribution >= 4 is 0 Å². The van der Waals surface area contributed by atoms with Gasteiger partial charge in [0, 0.05) is 12.6 Å². The molecule has 0 fully saturated rings. The molecule has 0 radical (unpaired) electrons. The number of ether oxygens (including phenoxy) is 1. The predicted octanol–water partition coefficient (Wildman–Crippen LogP) is 3.12. The SMILES string of the molecule is COc1cc(C(C)NCc2ccc(C#N)cc2)ccc1O. The number of nitrogens with zero attached hydrogens (tertiary/aromatic N) is 1. The quantitative estimate of drug-likeness (QED) is 0.884. The molecule has 0 saturated carbocycles. The number of hydrogen-bond donors (Lipinski definition) is 2. The van der Waals surface area contributed by atoms with Crippen molar-refractivity contribution in [1.82, 2.24) is 5.32 Å². The van der Waals surface area contributed by atoms with Crippen LogP contribution in [0.3, 0.4) is 0 Å². The van der Waals surface area contributed by atoms with E-state index >= 15 is 0 Å². The average Bonchev–Trinajstić information content (AvgIpc) is 2.53. The lowest BCUT2D eigenvalue weighted by molar-refractivity contribution is 0.372. The van der Waals surface area contributed by atoms with Gasteiger partial charge in [-0.1, -0.05) is 18.2 Å². The van der Waals surface area contributed by atoms with Crippen LogP contribution in [0.25, 0.3) is 0 Å². The molecule has 0 spiro atoms. The van der Waals surface area contributed by atoms with E-state index in [1.54, 1.807) is 6.07 Å². The van der Waals surface area contributed by atoms with Gasteiger partial charge in [-0.15, -0.1) is 0 Å². The number of benzene rings is 2. The Morgan fingerprint density at radius 3 is 2.57 bits per heavy atom. The molecular formula is C17H18N2O2. The Balaban J connectivity index is 2.00. The van der Waals surface area contributed by atoms with Crippen molar-refractivity contribution in [1.29, 1.82) is 5.26 Å². The van der Waals surface area contributed by atoms with Crippen molar-refractivity contribution < 1.29 is 9.84 Å². The first-order valence-electron chi connectivity index (χ1n) is 6.73. The highest BCUT2D eigenvalue weighted by atomic mass is 16.5. The van der Waals surface area contributed by atoms with Crippen molar-refractivity contribution in [2.75, 3.05) is 7.11 Å². The monoisotopic (exact) mass is 282 g/mol. The van der Waals surface area contributed by atoms with Gasteiger partial charge in [0.2, 0.25) is 0 Å². The second kappa shape index (κ2) is 6.78. The zero-order valence-electron chi connectivity index (χ0n) is 12.1. The molecule has 0 aliphatic rings. The molecule has 1 atom stereocenters. The van der Waals surface area contributed by atoms with Gasteiger partial charge >= 0.3 is 0 Å². The molecule has 0 aliphatic carbocycles. The van der Waals surface area contributed by atoms with E-state index in [-0.39, 0.29) is 11.8 Å². The predicted molar refractivity (Wildman–Crippen MR) is 81.1 cm³/mol. The van der Waals surface area contributed by atoms with Gasteiger partial charge in [0.15, 0.2) is 11.5 Å². The Hall–Kier alpha value is -2.51. The molecule has 2 aromatic rings. The molecule has 0 heterocycles. The van der Waals surface area contributed by atoms with Crippen molar-refractivity contribution in [3.05, 3.63) is 59.2 Å². The first kappa shape index (κ1) is 14.9. The molecule has 0 amide bonds. The standard InChI is InChI=1S/C17H18N2O2/c1-12(15-7-8-16(20)17(9-15)21-2)19-11-14-5-3-13(10-18)4-6-14/h3-9,12,19-20H,11H2,1-2H3. The zero-order valence-corrected chi connectivity index (χ0v) is 12.1. The summed E-state index contributed by atoms with van der Waals surface area (Å²) in [5.74, 6) is 0.611. The van der Waals surface area contributed by atoms with E-state index in [2.05, 4.69) is 18.3 Å². The number of phenolic OH excluding ortho intramolecular Hbond substituents is 1. The van der Waals surface area contributed by atoms with Crippen molar-refractivity contribution in [3.8, 4) is 17.6 Å². The summed E-state index contributed by atoms with van der Waals surface area (Å²) in [6.07, 6.45) is 0. The van der Waals surface area contributed by atoms with E-state index in [1.807, 2.05) is 36.4 Å². The summed E-state index contributed by atoms with van der Waals surface area (Å²) >= 11 is 0. The molecule has 0 bridgehead atoms. The number of phenols is 1. The molecule has 108 valence electrons. The van der Waals surface area contributed by atoms with E-state index in [0.29, 0.717) is 17.9 Å². The minimum absolute atomic E-state index is 0.121. The Morgan fingerprint density at radius 2 is 1.95 bits per heavy atom. The van der Waals surface area contributed by atoms with Gasteiger partial charge in [0.1, 0.15) is 0 Å². The number of nitriles is 1. The van der Waals surface area contributed by atoms with Crippen LogP contribution < -0.4 is 10.1 Å². The maximum absolute atomic E-state index is 9.60. The molecule has 4 heteroatoms. The Morgan fingerprint density at radius 1 is 1.24 bits per heavy atom. The average molecular weight is 282 g/mol. The summed E-state index contributed by atoms with van der Waals surface area (Å²) in [5.41, 5.74) is 2.82. The molecule has 21 heavy (non-hydrogen) atoms. The molecule has 4 nitrogen and oxygen atoms in total. The van der Waals surface area contributed by atoms with Gasteiger partial charge in [-0.2, -0.15) is 5.26 Å². The molecule has 0 aliphatic heterocycles. The number of nitrogens with one attached hydrogen (secondary N) is 1. The second-order valence-corrected chi connectivity index (χ2v) is 4.84. The van der Waals surface area contributed by atoms with Crippen LogP contribution in [-0.4, -0.2) is 12.2 Å². The van der Waals surface area contributed by atoms with E-state index in [1.165, 1.54) is 7.11 Å². The number of hydrogen-bond acceptors (Lipinski definition) is 4. The summed E-state index contributed by atoms with van der Waals surface area (Å²) in [7, 11) is 1.54. The summed E-state index contributed by atoms with van der Waals surface area (Å²) in [6.45, 7) is 2.76. The third kappa shape index (κ3) is 3.74. The normalized spacial score (nSPS) is 11.7. The van der Waals surface area contributed by atoms with Gasteiger partial charge in [0.25, 0.3) is 0 Å². The molecular weight excluding hydrogens is 264 g/mol. The number of aromatic hydroxyl groups is 1. The highest BCUT2D eigenvalue weighted by Crippen LogP contribution is 2.28. The third-order valence-electron chi connectivity index (χ3n) is 3.40. The van der Waals surface area contributed by atoms with Crippen LogP contribution >= 0.6 is 0 Å². The van der Waals surface area contributed by atoms with Gasteiger partial charge in [-0.25, -0.2) is 0 Å². The Bertz CT molecular complexity index is 645. The van der Waals surface area contributed by atoms with Crippen molar-refractivity contribution in [2.24, 2.45) is 0 Å². The first-order valence-corrected chi connectivity index (χ1v) is 6.73. The summed E-state index contributed by atoms with van der Waals surface area (Å²) in [5, 5.41) is 21.8. The third-order valence-corrected chi connectivity index (χ3v) is 3.40. The molecule has 2 aromatic carbocycles. The van der Waals surface area contributed by atoms with Crippen LogP contribution in [0.2, 0.25) is 0 Å². The van der Waals surface area contributed by atoms with E-state index in [0.717, 1.165) is 11.1 Å². The smallest absolute Gasteiger partial charge is 0.160 e. The highest BCUT2D eigenvalue weighted by Gasteiger charge is 2.09. The van der Waals surface area contributed by atoms with Gasteiger partial charge in [-0.05, 0) is 42.3 Å². The maximum atomic E-state index is 9.60. The lowest BCUT2D eigenvalue weighted by atomic mass is 10.1. The van der Waals surface area contributed by atoms with Crippen LogP contribution in [0.15, 0.2) is 42.5 Å². The lowest BCUT2D eigenvalue weighted by Crippen LogP contribution is -2.18. The van der Waals surface area contributed by atoms with E-state index < -0.39 is 0 Å². The summed E-state index contributed by atoms with van der Waals surface area (Å²) in [6, 6.07) is 15.1. The van der Waals surface area contributed by atoms with Gasteiger partial charge in [0.05, 0.1) is 18.7 Å². The van der Waals surface area contributed by atoms with Gasteiger partial charge < -0.3 is 15.2 Å². The zero-order chi connectivity index (χ0) is 15.2. The fraction of sp³-hybridized carbons (Fsp3) is 0.235. The highest BCUT2D eigenvalue weighted by molar-refractivity contribution is 5.42. The van der Waals surface area contributed by atoms with Crippen LogP contribution in [0.4, 0.5) is 0 Å². The van der Waals surface area contributed by atoms with Crippen LogP contribution in [0.5, 0.6) is 11.5 Å².